The third-order valence-corrected chi connectivity index (χ3v) is 2.72. The van der Waals surface area contributed by atoms with Gasteiger partial charge in [0.1, 0.15) is 5.75 Å². The molecule has 0 heterocycles. The zero-order valence-electron chi connectivity index (χ0n) is 12.1. The molecular weight excluding hydrogens is 272 g/mol. The van der Waals surface area contributed by atoms with E-state index in [4.69, 9.17) is 14.2 Å². The van der Waals surface area contributed by atoms with Crippen molar-refractivity contribution in [3.63, 3.8) is 0 Å². The van der Waals surface area contributed by atoms with Crippen LogP contribution in [-0.2, 0) is 9.59 Å². The van der Waals surface area contributed by atoms with Crippen molar-refractivity contribution >= 4 is 22.7 Å². The second-order valence-corrected chi connectivity index (χ2v) is 4.37. The molecule has 0 radical (unpaired) electrons. The molecule has 0 aliphatic carbocycles. The Labute approximate surface area is 122 Å². The summed E-state index contributed by atoms with van der Waals surface area (Å²) in [5.74, 6) is 0.195. The monoisotopic (exact) mass is 288 g/mol. The van der Waals surface area contributed by atoms with Gasteiger partial charge in [0, 0.05) is 30.7 Å². The summed E-state index contributed by atoms with van der Waals surface area (Å²) in [5, 5.41) is 1.32. The molecule has 0 saturated carbocycles. The first-order valence-electron chi connectivity index (χ1n) is 6.58. The van der Waals surface area contributed by atoms with Gasteiger partial charge in [0.05, 0.1) is 6.61 Å². The highest BCUT2D eigenvalue weighted by atomic mass is 16.6. The summed E-state index contributed by atoms with van der Waals surface area (Å²) in [4.78, 5) is 22.6. The second-order valence-electron chi connectivity index (χ2n) is 4.37. The fraction of sp³-hybridized carbons (Fsp3) is 0.250. The van der Waals surface area contributed by atoms with Crippen molar-refractivity contribution in [2.24, 2.45) is 0 Å². The summed E-state index contributed by atoms with van der Waals surface area (Å²) < 4.78 is 16.0. The number of ether oxygens (including phenoxy) is 3. The third-order valence-electron chi connectivity index (χ3n) is 2.72. The van der Waals surface area contributed by atoms with E-state index in [1.54, 1.807) is 18.2 Å². The fourth-order valence-electron chi connectivity index (χ4n) is 2.04. The minimum Gasteiger partial charge on any atom is -0.490 e. The van der Waals surface area contributed by atoms with Crippen LogP contribution in [0.3, 0.4) is 0 Å². The van der Waals surface area contributed by atoms with E-state index in [2.05, 4.69) is 0 Å². The zero-order chi connectivity index (χ0) is 15.4. The van der Waals surface area contributed by atoms with Crippen LogP contribution in [0.25, 0.3) is 10.8 Å². The molecule has 0 aromatic heterocycles. The van der Waals surface area contributed by atoms with Gasteiger partial charge >= 0.3 is 11.9 Å². The topological polar surface area (TPSA) is 61.8 Å². The molecule has 0 aliphatic rings. The van der Waals surface area contributed by atoms with E-state index in [9.17, 15) is 9.59 Å². The molecule has 2 rings (SSSR count). The van der Waals surface area contributed by atoms with Crippen molar-refractivity contribution in [2.45, 2.75) is 20.8 Å². The molecule has 5 heteroatoms. The van der Waals surface area contributed by atoms with Gasteiger partial charge in [-0.15, -0.1) is 0 Å². The first-order valence-corrected chi connectivity index (χ1v) is 6.58. The highest BCUT2D eigenvalue weighted by Gasteiger charge is 2.17. The molecule has 0 unspecified atom stereocenters. The first kappa shape index (κ1) is 14.8. The Hall–Kier alpha value is -2.56. The number of hydrogen-bond donors (Lipinski definition) is 0. The Balaban J connectivity index is 2.71. The lowest BCUT2D eigenvalue weighted by atomic mass is 10.1. The van der Waals surface area contributed by atoms with Crippen LogP contribution < -0.4 is 14.2 Å². The highest BCUT2D eigenvalue weighted by molar-refractivity contribution is 5.98. The minimum atomic E-state index is -0.443. The molecule has 2 aromatic rings. The molecule has 5 nitrogen and oxygen atoms in total. The Bertz CT molecular complexity index is 690. The lowest BCUT2D eigenvalue weighted by molar-refractivity contribution is -0.133. The average molecular weight is 288 g/mol. The van der Waals surface area contributed by atoms with Crippen LogP contribution in [0, 0.1) is 0 Å². The number of benzene rings is 2. The van der Waals surface area contributed by atoms with Crippen LogP contribution in [0.4, 0.5) is 0 Å². The Kier molecular flexibility index (Phi) is 4.42. The summed E-state index contributed by atoms with van der Waals surface area (Å²) in [6, 6.07) is 8.75. The highest BCUT2D eigenvalue weighted by Crippen LogP contribution is 2.41. The maximum absolute atomic E-state index is 11.3. The number of carbonyl (C=O) groups excluding carboxylic acids is 2. The van der Waals surface area contributed by atoms with Gasteiger partial charge in [-0.2, -0.15) is 0 Å². The number of rotatable bonds is 4. The molecule has 0 spiro atoms. The molecule has 0 amide bonds. The van der Waals surface area contributed by atoms with Crippen LogP contribution in [0.5, 0.6) is 17.2 Å². The van der Waals surface area contributed by atoms with Gasteiger partial charge in [0.15, 0.2) is 11.5 Å². The molecule has 0 saturated heterocycles. The van der Waals surface area contributed by atoms with E-state index >= 15 is 0 Å². The predicted octanol–water partition coefficient (Wildman–Crippen LogP) is 3.09. The summed E-state index contributed by atoms with van der Waals surface area (Å²) in [7, 11) is 0. The quantitative estimate of drug-likeness (QED) is 0.639. The van der Waals surface area contributed by atoms with Crippen molar-refractivity contribution < 1.29 is 23.8 Å². The van der Waals surface area contributed by atoms with Crippen LogP contribution in [0.1, 0.15) is 20.8 Å². The van der Waals surface area contributed by atoms with Crippen molar-refractivity contribution in [2.75, 3.05) is 6.61 Å². The van der Waals surface area contributed by atoms with Crippen molar-refractivity contribution in [3.8, 4) is 17.2 Å². The smallest absolute Gasteiger partial charge is 0.308 e. The van der Waals surface area contributed by atoms with Gasteiger partial charge in [0.2, 0.25) is 0 Å². The molecule has 0 N–H and O–H groups in total. The third kappa shape index (κ3) is 3.31. The van der Waals surface area contributed by atoms with E-state index in [1.807, 2.05) is 19.1 Å². The van der Waals surface area contributed by atoms with Crippen molar-refractivity contribution in [1.82, 2.24) is 0 Å². The molecule has 0 atom stereocenters. The van der Waals surface area contributed by atoms with E-state index in [0.717, 1.165) is 0 Å². The van der Waals surface area contributed by atoms with Crippen molar-refractivity contribution in [1.29, 1.82) is 0 Å². The SMILES string of the molecule is CCOc1cc(OC(C)=O)c2ccccc2c1OC(C)=O. The van der Waals surface area contributed by atoms with Crippen LogP contribution in [0.15, 0.2) is 30.3 Å². The van der Waals surface area contributed by atoms with E-state index in [0.29, 0.717) is 34.6 Å². The van der Waals surface area contributed by atoms with E-state index < -0.39 is 11.9 Å². The summed E-state index contributed by atoms with van der Waals surface area (Å²) >= 11 is 0. The van der Waals surface area contributed by atoms with Crippen LogP contribution >= 0.6 is 0 Å². The number of fused-ring (bicyclic) bond motifs is 1. The van der Waals surface area contributed by atoms with Crippen molar-refractivity contribution in [3.05, 3.63) is 30.3 Å². The predicted molar refractivity (Wildman–Crippen MR) is 77.7 cm³/mol. The summed E-state index contributed by atoms with van der Waals surface area (Å²) in [5.41, 5.74) is 0. The fourth-order valence-corrected chi connectivity index (χ4v) is 2.04. The molecule has 0 fully saturated rings. The lowest BCUT2D eigenvalue weighted by Gasteiger charge is -2.15. The molecule has 110 valence electrons. The van der Waals surface area contributed by atoms with Gasteiger partial charge in [-0.1, -0.05) is 24.3 Å². The van der Waals surface area contributed by atoms with Gasteiger partial charge in [0.25, 0.3) is 0 Å². The van der Waals surface area contributed by atoms with E-state index in [1.165, 1.54) is 13.8 Å². The molecule has 2 aromatic carbocycles. The normalized spacial score (nSPS) is 10.2. The van der Waals surface area contributed by atoms with Gasteiger partial charge in [-0.3, -0.25) is 9.59 Å². The van der Waals surface area contributed by atoms with Gasteiger partial charge in [-0.05, 0) is 6.92 Å². The van der Waals surface area contributed by atoms with Gasteiger partial charge in [-0.25, -0.2) is 0 Å². The van der Waals surface area contributed by atoms with Crippen LogP contribution in [-0.4, -0.2) is 18.5 Å². The molecule has 0 bridgehead atoms. The Morgan fingerprint density at radius 2 is 1.57 bits per heavy atom. The zero-order valence-corrected chi connectivity index (χ0v) is 12.1. The first-order chi connectivity index (χ1) is 10.0. The largest absolute Gasteiger partial charge is 0.490 e. The maximum atomic E-state index is 11.3. The number of esters is 2. The Morgan fingerprint density at radius 3 is 2.14 bits per heavy atom. The summed E-state index contributed by atoms with van der Waals surface area (Å²) in [6.07, 6.45) is 0. The van der Waals surface area contributed by atoms with Gasteiger partial charge < -0.3 is 14.2 Å². The standard InChI is InChI=1S/C16H16O5/c1-4-19-15-9-14(20-10(2)17)12-7-5-6-8-13(12)16(15)21-11(3)18/h5-9H,4H2,1-3H3. The minimum absolute atomic E-state index is 0.329. The summed E-state index contributed by atoms with van der Waals surface area (Å²) in [6.45, 7) is 4.87. The second kappa shape index (κ2) is 6.26. The average Bonchev–Trinajstić information content (AvgIpc) is 2.42. The molecule has 0 aliphatic heterocycles. The lowest BCUT2D eigenvalue weighted by Crippen LogP contribution is -2.07. The number of carbonyl (C=O) groups is 2. The Morgan fingerprint density at radius 1 is 0.952 bits per heavy atom. The van der Waals surface area contributed by atoms with Crippen LogP contribution in [0.2, 0.25) is 0 Å². The maximum Gasteiger partial charge on any atom is 0.308 e. The van der Waals surface area contributed by atoms with E-state index in [-0.39, 0.29) is 0 Å². The molecular formula is C16H16O5. The molecule has 21 heavy (non-hydrogen) atoms. The number of hydrogen-bond acceptors (Lipinski definition) is 5.